The number of nitrogen functional groups attached to an aromatic ring is 1. The molecule has 0 saturated heterocycles. The lowest BCUT2D eigenvalue weighted by molar-refractivity contribution is 0.0382. The van der Waals surface area contributed by atoms with Gasteiger partial charge in [0.2, 0.25) is 0 Å². The molecule has 2 aromatic rings. The van der Waals surface area contributed by atoms with Crippen molar-refractivity contribution >= 4 is 33.0 Å². The fourth-order valence-electron chi connectivity index (χ4n) is 2.26. The number of likely N-dealkylation sites (N-methyl/N-ethyl adjacent to an activating group) is 1. The molecule has 2 rings (SSSR count). The van der Waals surface area contributed by atoms with Crippen LogP contribution in [0, 0.1) is 6.92 Å². The summed E-state index contributed by atoms with van der Waals surface area (Å²) >= 11 is 1.40. The van der Waals surface area contributed by atoms with E-state index in [1.807, 2.05) is 25.1 Å². The van der Waals surface area contributed by atoms with Crippen molar-refractivity contribution in [1.82, 2.24) is 4.90 Å². The van der Waals surface area contributed by atoms with Gasteiger partial charge in [-0.2, -0.15) is 0 Å². The van der Waals surface area contributed by atoms with E-state index < -0.39 is 6.10 Å². The molecule has 1 heterocycles. The third kappa shape index (κ3) is 3.18. The van der Waals surface area contributed by atoms with Crippen LogP contribution in [-0.2, 0) is 4.74 Å². The minimum absolute atomic E-state index is 0.178. The lowest BCUT2D eigenvalue weighted by atomic mass is 10.1. The Kier molecular flexibility index (Phi) is 4.82. The summed E-state index contributed by atoms with van der Waals surface area (Å²) in [5.41, 5.74) is 7.72. The maximum Gasteiger partial charge on any atom is 0.265 e. The largest absolute Gasteiger partial charge is 0.397 e. The number of anilines is 1. The molecule has 1 atom stereocenters. The summed E-state index contributed by atoms with van der Waals surface area (Å²) in [7, 11) is 3.16. The zero-order valence-electron chi connectivity index (χ0n) is 12.4. The van der Waals surface area contributed by atoms with E-state index in [0.717, 1.165) is 15.6 Å². The summed E-state index contributed by atoms with van der Waals surface area (Å²) in [5.74, 6) is -0.178. The molecule has 6 heteroatoms. The number of benzene rings is 1. The second kappa shape index (κ2) is 6.43. The van der Waals surface area contributed by atoms with Crippen molar-refractivity contribution in [2.45, 2.75) is 13.0 Å². The fraction of sp³-hybridized carbons (Fsp3) is 0.400. The second-order valence-corrected chi connectivity index (χ2v) is 6.11. The van der Waals surface area contributed by atoms with Crippen molar-refractivity contribution in [2.24, 2.45) is 0 Å². The first-order valence-corrected chi connectivity index (χ1v) is 7.47. The van der Waals surface area contributed by atoms with Gasteiger partial charge in [0.05, 0.1) is 18.4 Å². The van der Waals surface area contributed by atoms with Gasteiger partial charge < -0.3 is 20.5 Å². The summed E-state index contributed by atoms with van der Waals surface area (Å²) in [6, 6.07) is 5.85. The zero-order valence-corrected chi connectivity index (χ0v) is 13.2. The summed E-state index contributed by atoms with van der Waals surface area (Å²) in [6.07, 6.45) is -0.707. The fourth-order valence-corrected chi connectivity index (χ4v) is 3.44. The first-order chi connectivity index (χ1) is 9.95. The van der Waals surface area contributed by atoms with Gasteiger partial charge in [-0.25, -0.2) is 0 Å². The van der Waals surface area contributed by atoms with E-state index in [1.54, 1.807) is 7.05 Å². The minimum atomic E-state index is -0.707. The molecule has 0 saturated carbocycles. The molecule has 1 amide bonds. The SMILES string of the molecule is COCC(O)CN(C)C(=O)c1sc2c(C)cccc2c1N. The molecule has 0 radical (unpaired) electrons. The lowest BCUT2D eigenvalue weighted by Crippen LogP contribution is -2.36. The van der Waals surface area contributed by atoms with Gasteiger partial charge >= 0.3 is 0 Å². The normalized spacial score (nSPS) is 12.6. The molecular formula is C15H20N2O3S. The van der Waals surface area contributed by atoms with Crippen molar-refractivity contribution in [3.8, 4) is 0 Å². The quantitative estimate of drug-likeness (QED) is 0.884. The molecule has 1 unspecified atom stereocenters. The van der Waals surface area contributed by atoms with E-state index in [0.29, 0.717) is 10.6 Å². The average molecular weight is 308 g/mol. The topological polar surface area (TPSA) is 75.8 Å². The van der Waals surface area contributed by atoms with E-state index in [9.17, 15) is 9.90 Å². The Bertz CT molecular complexity index is 654. The minimum Gasteiger partial charge on any atom is -0.397 e. The van der Waals surface area contributed by atoms with Crippen molar-refractivity contribution in [3.05, 3.63) is 28.6 Å². The molecule has 0 aliphatic heterocycles. The van der Waals surface area contributed by atoms with E-state index in [-0.39, 0.29) is 19.1 Å². The Morgan fingerprint density at radius 2 is 2.24 bits per heavy atom. The van der Waals surface area contributed by atoms with Crippen LogP contribution in [0.3, 0.4) is 0 Å². The number of hydrogen-bond donors (Lipinski definition) is 2. The highest BCUT2D eigenvalue weighted by molar-refractivity contribution is 7.21. The van der Waals surface area contributed by atoms with Crippen molar-refractivity contribution in [2.75, 3.05) is 33.0 Å². The van der Waals surface area contributed by atoms with Crippen molar-refractivity contribution < 1.29 is 14.6 Å². The van der Waals surface area contributed by atoms with Crippen molar-refractivity contribution in [3.63, 3.8) is 0 Å². The number of ether oxygens (including phenoxy) is 1. The van der Waals surface area contributed by atoms with E-state index in [1.165, 1.54) is 23.3 Å². The summed E-state index contributed by atoms with van der Waals surface area (Å²) in [5, 5.41) is 10.6. The van der Waals surface area contributed by atoms with Gasteiger partial charge in [0.15, 0.2) is 0 Å². The number of amides is 1. The van der Waals surface area contributed by atoms with Crippen LogP contribution in [-0.4, -0.2) is 49.3 Å². The average Bonchev–Trinajstić information content (AvgIpc) is 2.77. The number of rotatable bonds is 5. The van der Waals surface area contributed by atoms with Gasteiger partial charge in [0.1, 0.15) is 4.88 Å². The van der Waals surface area contributed by atoms with Crippen LogP contribution in [0.1, 0.15) is 15.2 Å². The van der Waals surface area contributed by atoms with Crippen LogP contribution in [0.2, 0.25) is 0 Å². The van der Waals surface area contributed by atoms with Gasteiger partial charge in [-0.3, -0.25) is 4.79 Å². The van der Waals surface area contributed by atoms with E-state index in [2.05, 4.69) is 0 Å². The molecule has 0 aliphatic carbocycles. The van der Waals surface area contributed by atoms with E-state index >= 15 is 0 Å². The van der Waals surface area contributed by atoms with Gasteiger partial charge in [-0.05, 0) is 12.5 Å². The summed E-state index contributed by atoms with van der Waals surface area (Å²) in [6.45, 7) is 2.40. The van der Waals surface area contributed by atoms with Crippen LogP contribution in [0.25, 0.3) is 10.1 Å². The molecule has 0 bridgehead atoms. The highest BCUT2D eigenvalue weighted by Gasteiger charge is 2.21. The summed E-state index contributed by atoms with van der Waals surface area (Å²) < 4.78 is 5.90. The first-order valence-electron chi connectivity index (χ1n) is 6.65. The molecule has 21 heavy (non-hydrogen) atoms. The first kappa shape index (κ1) is 15.8. The van der Waals surface area contributed by atoms with Gasteiger partial charge in [-0.15, -0.1) is 11.3 Å². The zero-order chi connectivity index (χ0) is 15.6. The highest BCUT2D eigenvalue weighted by atomic mass is 32.1. The molecule has 114 valence electrons. The van der Waals surface area contributed by atoms with Crippen LogP contribution in [0.15, 0.2) is 18.2 Å². The predicted octanol–water partition coefficient (Wildman–Crippen LogP) is 1.87. The smallest absolute Gasteiger partial charge is 0.265 e. The van der Waals surface area contributed by atoms with Gasteiger partial charge in [0.25, 0.3) is 5.91 Å². The molecule has 0 aliphatic rings. The number of aryl methyl sites for hydroxylation is 1. The number of hydrogen-bond acceptors (Lipinski definition) is 5. The number of fused-ring (bicyclic) bond motifs is 1. The third-order valence-electron chi connectivity index (χ3n) is 3.34. The maximum atomic E-state index is 12.5. The lowest BCUT2D eigenvalue weighted by Gasteiger charge is -2.20. The molecule has 1 aromatic heterocycles. The van der Waals surface area contributed by atoms with Gasteiger partial charge in [0, 0.05) is 30.8 Å². The molecule has 5 nitrogen and oxygen atoms in total. The second-order valence-electron chi connectivity index (χ2n) is 5.09. The molecule has 0 spiro atoms. The standard InChI is InChI=1S/C15H20N2O3S/c1-9-5-4-6-11-12(16)14(21-13(9)11)15(19)17(2)7-10(18)8-20-3/h4-6,10,18H,7-8,16H2,1-3H3. The van der Waals surface area contributed by atoms with Crippen LogP contribution >= 0.6 is 11.3 Å². The summed E-state index contributed by atoms with van der Waals surface area (Å²) in [4.78, 5) is 14.5. The number of thiophene rings is 1. The Labute approximate surface area is 127 Å². The Morgan fingerprint density at radius 1 is 1.52 bits per heavy atom. The van der Waals surface area contributed by atoms with Gasteiger partial charge in [-0.1, -0.05) is 18.2 Å². The third-order valence-corrected chi connectivity index (χ3v) is 4.68. The Morgan fingerprint density at radius 3 is 2.86 bits per heavy atom. The number of methoxy groups -OCH3 is 1. The Hall–Kier alpha value is -1.63. The Balaban J connectivity index is 2.27. The number of carbonyl (C=O) groups excluding carboxylic acids is 1. The number of carbonyl (C=O) groups is 1. The molecule has 3 N–H and O–H groups in total. The maximum absolute atomic E-state index is 12.5. The predicted molar refractivity (Wildman–Crippen MR) is 85.8 cm³/mol. The number of aliphatic hydroxyl groups is 1. The van der Waals surface area contributed by atoms with Crippen LogP contribution in [0.4, 0.5) is 5.69 Å². The number of nitrogens with zero attached hydrogens (tertiary/aromatic N) is 1. The van der Waals surface area contributed by atoms with E-state index in [4.69, 9.17) is 10.5 Å². The number of nitrogens with two attached hydrogens (primary N) is 1. The van der Waals surface area contributed by atoms with Crippen LogP contribution in [0.5, 0.6) is 0 Å². The monoisotopic (exact) mass is 308 g/mol. The molecular weight excluding hydrogens is 288 g/mol. The highest BCUT2D eigenvalue weighted by Crippen LogP contribution is 2.36. The van der Waals surface area contributed by atoms with Crippen LogP contribution < -0.4 is 5.73 Å². The molecule has 0 fully saturated rings. The van der Waals surface area contributed by atoms with Crippen molar-refractivity contribution in [1.29, 1.82) is 0 Å². The number of aliphatic hydroxyl groups excluding tert-OH is 1. The molecule has 1 aromatic carbocycles.